The SMILES string of the molecule is Cc1ccc(S(=O)(=O)N2[C@H](c3ccccc3)[C@@H]3CCCC(=O)[C@@H]32)cc1. The Morgan fingerprint density at radius 1 is 0.960 bits per heavy atom. The Bertz CT molecular complexity index is 890. The van der Waals surface area contributed by atoms with Gasteiger partial charge in [0.15, 0.2) is 5.78 Å². The van der Waals surface area contributed by atoms with Crippen LogP contribution in [-0.4, -0.2) is 24.5 Å². The van der Waals surface area contributed by atoms with Crippen LogP contribution in [0.1, 0.15) is 36.4 Å². The van der Waals surface area contributed by atoms with Crippen LogP contribution in [0.25, 0.3) is 0 Å². The van der Waals surface area contributed by atoms with Crippen LogP contribution >= 0.6 is 0 Å². The summed E-state index contributed by atoms with van der Waals surface area (Å²) >= 11 is 0. The van der Waals surface area contributed by atoms with Crippen molar-refractivity contribution in [2.75, 3.05) is 0 Å². The van der Waals surface area contributed by atoms with Gasteiger partial charge in [0.25, 0.3) is 0 Å². The lowest BCUT2D eigenvalue weighted by Crippen LogP contribution is -2.64. The number of carbonyl (C=O) groups excluding carboxylic acids is 1. The molecule has 0 N–H and O–H groups in total. The molecule has 2 aromatic rings. The van der Waals surface area contributed by atoms with Crippen LogP contribution in [0.4, 0.5) is 0 Å². The zero-order chi connectivity index (χ0) is 17.6. The van der Waals surface area contributed by atoms with Crippen molar-refractivity contribution in [3.63, 3.8) is 0 Å². The lowest BCUT2D eigenvalue weighted by atomic mass is 9.70. The van der Waals surface area contributed by atoms with Gasteiger partial charge in [-0.2, -0.15) is 4.31 Å². The van der Waals surface area contributed by atoms with E-state index >= 15 is 0 Å². The van der Waals surface area contributed by atoms with Gasteiger partial charge in [-0.15, -0.1) is 0 Å². The monoisotopic (exact) mass is 355 g/mol. The first kappa shape index (κ1) is 16.5. The number of fused-ring (bicyclic) bond motifs is 1. The summed E-state index contributed by atoms with van der Waals surface area (Å²) in [6.07, 6.45) is 2.22. The fourth-order valence-corrected chi connectivity index (χ4v) is 6.03. The quantitative estimate of drug-likeness (QED) is 0.847. The summed E-state index contributed by atoms with van der Waals surface area (Å²) in [6.45, 7) is 1.92. The van der Waals surface area contributed by atoms with Gasteiger partial charge in [0.2, 0.25) is 10.0 Å². The van der Waals surface area contributed by atoms with Crippen LogP contribution in [-0.2, 0) is 14.8 Å². The molecule has 0 spiro atoms. The second-order valence-corrected chi connectivity index (χ2v) is 8.81. The molecule has 2 aromatic carbocycles. The molecule has 1 saturated heterocycles. The van der Waals surface area contributed by atoms with Gasteiger partial charge in [-0.05, 0) is 37.5 Å². The molecule has 0 bridgehead atoms. The molecule has 1 saturated carbocycles. The van der Waals surface area contributed by atoms with E-state index < -0.39 is 16.1 Å². The van der Waals surface area contributed by atoms with E-state index in [9.17, 15) is 13.2 Å². The van der Waals surface area contributed by atoms with Crippen LogP contribution in [0.3, 0.4) is 0 Å². The molecule has 5 heteroatoms. The largest absolute Gasteiger partial charge is 0.298 e. The number of benzene rings is 2. The normalized spacial score (nSPS) is 26.8. The molecule has 0 unspecified atom stereocenters. The lowest BCUT2D eigenvalue weighted by Gasteiger charge is -2.55. The maximum absolute atomic E-state index is 13.3. The van der Waals surface area contributed by atoms with E-state index in [0.717, 1.165) is 24.0 Å². The molecule has 2 fully saturated rings. The molecule has 1 aliphatic heterocycles. The third-order valence-corrected chi connectivity index (χ3v) is 7.26. The minimum Gasteiger partial charge on any atom is -0.298 e. The first-order valence-corrected chi connectivity index (χ1v) is 10.1. The smallest absolute Gasteiger partial charge is 0.244 e. The highest BCUT2D eigenvalue weighted by molar-refractivity contribution is 7.89. The number of Topliss-reactive ketones (excluding diaryl/α,β-unsaturated/α-hetero) is 1. The van der Waals surface area contributed by atoms with Gasteiger partial charge in [-0.3, -0.25) is 4.79 Å². The maximum atomic E-state index is 13.3. The molecule has 2 aliphatic rings. The van der Waals surface area contributed by atoms with Gasteiger partial charge in [-0.1, -0.05) is 48.0 Å². The van der Waals surface area contributed by atoms with E-state index in [1.54, 1.807) is 24.3 Å². The van der Waals surface area contributed by atoms with Gasteiger partial charge in [0.1, 0.15) is 0 Å². The molecule has 0 aromatic heterocycles. The summed E-state index contributed by atoms with van der Waals surface area (Å²) in [7, 11) is -3.71. The molecule has 1 heterocycles. The summed E-state index contributed by atoms with van der Waals surface area (Å²) < 4.78 is 28.0. The summed E-state index contributed by atoms with van der Waals surface area (Å²) in [5.41, 5.74) is 1.97. The number of nitrogens with zero attached hydrogens (tertiary/aromatic N) is 1. The van der Waals surface area contributed by atoms with Crippen molar-refractivity contribution in [2.24, 2.45) is 5.92 Å². The molecule has 4 nitrogen and oxygen atoms in total. The third kappa shape index (κ3) is 2.62. The first-order chi connectivity index (χ1) is 12.0. The Kier molecular flexibility index (Phi) is 4.01. The minimum absolute atomic E-state index is 0.0547. The Morgan fingerprint density at radius 3 is 2.32 bits per heavy atom. The fourth-order valence-electron chi connectivity index (χ4n) is 4.15. The Balaban J connectivity index is 1.78. The van der Waals surface area contributed by atoms with Crippen LogP contribution in [0.15, 0.2) is 59.5 Å². The molecular weight excluding hydrogens is 334 g/mol. The second kappa shape index (κ2) is 6.07. The zero-order valence-electron chi connectivity index (χ0n) is 14.1. The van der Waals surface area contributed by atoms with E-state index in [-0.39, 0.29) is 22.6 Å². The third-order valence-electron chi connectivity index (χ3n) is 5.39. The standard InChI is InChI=1S/C20H21NO3S/c1-14-10-12-16(13-11-14)25(23,24)21-19(15-6-3-2-4-7-15)17-8-5-9-18(22)20(17)21/h2-4,6-7,10-13,17,19-20H,5,8-9H2,1H3/t17-,19+,20+/m0/s1. The number of ketones is 1. The first-order valence-electron chi connectivity index (χ1n) is 8.68. The topological polar surface area (TPSA) is 54.5 Å². The van der Waals surface area contributed by atoms with Crippen LogP contribution in [0, 0.1) is 12.8 Å². The number of hydrogen-bond donors (Lipinski definition) is 0. The number of hydrogen-bond acceptors (Lipinski definition) is 3. The number of rotatable bonds is 3. The van der Waals surface area contributed by atoms with Gasteiger partial charge in [-0.25, -0.2) is 8.42 Å². The van der Waals surface area contributed by atoms with E-state index in [0.29, 0.717) is 6.42 Å². The van der Waals surface area contributed by atoms with Crippen LogP contribution < -0.4 is 0 Å². The predicted molar refractivity (Wildman–Crippen MR) is 95.5 cm³/mol. The maximum Gasteiger partial charge on any atom is 0.244 e. The zero-order valence-corrected chi connectivity index (χ0v) is 14.9. The highest BCUT2D eigenvalue weighted by atomic mass is 32.2. The Hall–Kier alpha value is -1.98. The van der Waals surface area contributed by atoms with Gasteiger partial charge in [0.05, 0.1) is 17.0 Å². The number of aryl methyl sites for hydroxylation is 1. The molecular formula is C20H21NO3S. The van der Waals surface area contributed by atoms with Crippen molar-refractivity contribution < 1.29 is 13.2 Å². The summed E-state index contributed by atoms with van der Waals surface area (Å²) in [5.74, 6) is 0.142. The summed E-state index contributed by atoms with van der Waals surface area (Å²) in [6, 6.07) is 15.8. The molecule has 130 valence electrons. The molecule has 3 atom stereocenters. The molecule has 0 radical (unpaired) electrons. The predicted octanol–water partition coefficient (Wildman–Crippen LogP) is 3.48. The minimum atomic E-state index is -3.71. The van der Waals surface area contributed by atoms with E-state index in [1.165, 1.54) is 4.31 Å². The van der Waals surface area contributed by atoms with Gasteiger partial charge >= 0.3 is 0 Å². The van der Waals surface area contributed by atoms with E-state index in [4.69, 9.17) is 0 Å². The summed E-state index contributed by atoms with van der Waals surface area (Å²) in [5, 5.41) is 0. The van der Waals surface area contributed by atoms with Crippen molar-refractivity contribution in [1.29, 1.82) is 0 Å². The summed E-state index contributed by atoms with van der Waals surface area (Å²) in [4.78, 5) is 12.7. The van der Waals surface area contributed by atoms with Crippen molar-refractivity contribution in [3.05, 3.63) is 65.7 Å². The van der Waals surface area contributed by atoms with Gasteiger partial charge in [0, 0.05) is 12.3 Å². The molecule has 1 aliphatic carbocycles. The van der Waals surface area contributed by atoms with Gasteiger partial charge < -0.3 is 0 Å². The average Bonchev–Trinajstić information content (AvgIpc) is 2.58. The van der Waals surface area contributed by atoms with Crippen molar-refractivity contribution in [3.8, 4) is 0 Å². The van der Waals surface area contributed by atoms with E-state index in [2.05, 4.69) is 0 Å². The molecule has 25 heavy (non-hydrogen) atoms. The van der Waals surface area contributed by atoms with Crippen molar-refractivity contribution >= 4 is 15.8 Å². The Labute approximate surface area is 148 Å². The highest BCUT2D eigenvalue weighted by Crippen LogP contribution is 2.52. The fraction of sp³-hybridized carbons (Fsp3) is 0.350. The van der Waals surface area contributed by atoms with Crippen molar-refractivity contribution in [1.82, 2.24) is 4.31 Å². The van der Waals surface area contributed by atoms with E-state index in [1.807, 2.05) is 37.3 Å². The number of sulfonamides is 1. The van der Waals surface area contributed by atoms with Crippen LogP contribution in [0.2, 0.25) is 0 Å². The highest BCUT2D eigenvalue weighted by Gasteiger charge is 2.58. The molecule has 4 rings (SSSR count). The average molecular weight is 355 g/mol. The molecule has 0 amide bonds. The lowest BCUT2D eigenvalue weighted by molar-refractivity contribution is -0.137. The number of carbonyl (C=O) groups is 1. The van der Waals surface area contributed by atoms with Crippen molar-refractivity contribution in [2.45, 2.75) is 43.2 Å². The second-order valence-electron chi connectivity index (χ2n) is 6.97. The van der Waals surface area contributed by atoms with Crippen LogP contribution in [0.5, 0.6) is 0 Å². The Morgan fingerprint density at radius 2 is 1.64 bits per heavy atom.